The second kappa shape index (κ2) is 5.67. The number of aromatic amines is 1. The summed E-state index contributed by atoms with van der Waals surface area (Å²) >= 11 is 0. The first kappa shape index (κ1) is 13.2. The van der Waals surface area contributed by atoms with Crippen LogP contribution in [0.4, 0.5) is 0 Å². The van der Waals surface area contributed by atoms with Crippen LogP contribution in [0.2, 0.25) is 0 Å². The monoisotopic (exact) mass is 273 g/mol. The van der Waals surface area contributed by atoms with Crippen molar-refractivity contribution in [3.8, 4) is 5.75 Å². The summed E-state index contributed by atoms with van der Waals surface area (Å²) in [6, 6.07) is 5.81. The van der Waals surface area contributed by atoms with Crippen molar-refractivity contribution < 1.29 is 14.3 Å². The van der Waals surface area contributed by atoms with Gasteiger partial charge in [-0.05, 0) is 37.5 Å². The van der Waals surface area contributed by atoms with Crippen LogP contribution in [-0.4, -0.2) is 30.1 Å². The van der Waals surface area contributed by atoms with Crippen LogP contribution < -0.4 is 4.74 Å². The minimum atomic E-state index is -0.283. The third kappa shape index (κ3) is 2.43. The van der Waals surface area contributed by atoms with Crippen LogP contribution in [0.3, 0.4) is 0 Å². The average Bonchev–Trinajstić information content (AvgIpc) is 3.13. The van der Waals surface area contributed by atoms with Gasteiger partial charge in [-0.2, -0.15) is 0 Å². The van der Waals surface area contributed by atoms with Crippen LogP contribution in [0.25, 0.3) is 10.9 Å². The van der Waals surface area contributed by atoms with Crippen molar-refractivity contribution in [2.75, 3.05) is 13.2 Å². The summed E-state index contributed by atoms with van der Waals surface area (Å²) in [5.41, 5.74) is 1.66. The van der Waals surface area contributed by atoms with Gasteiger partial charge >= 0.3 is 0 Å². The Morgan fingerprint density at radius 2 is 2.40 bits per heavy atom. The van der Waals surface area contributed by atoms with E-state index in [0.29, 0.717) is 18.8 Å². The van der Waals surface area contributed by atoms with Crippen molar-refractivity contribution in [3.05, 3.63) is 30.0 Å². The lowest BCUT2D eigenvalue weighted by atomic mass is 10.0. The first-order chi connectivity index (χ1) is 9.79. The Bertz CT molecular complexity index is 611. The topological polar surface area (TPSA) is 51.3 Å². The molecule has 1 N–H and O–H groups in total. The van der Waals surface area contributed by atoms with Crippen LogP contribution in [0.5, 0.6) is 5.75 Å². The van der Waals surface area contributed by atoms with Crippen molar-refractivity contribution in [2.45, 2.75) is 32.3 Å². The van der Waals surface area contributed by atoms with E-state index in [1.165, 1.54) is 0 Å². The van der Waals surface area contributed by atoms with Gasteiger partial charge in [0.2, 0.25) is 0 Å². The molecule has 1 aliphatic rings. The van der Waals surface area contributed by atoms with Gasteiger partial charge in [0.25, 0.3) is 0 Å². The van der Waals surface area contributed by atoms with Crippen molar-refractivity contribution in [1.82, 2.24) is 4.98 Å². The highest BCUT2D eigenvalue weighted by atomic mass is 16.5. The standard InChI is InChI=1S/C16H19NO3/c1-2-7-19-11-5-6-14-12(9-11)13(10-17-14)16(18)15-4-3-8-20-15/h5-6,9-10,15,17H,2-4,7-8H2,1H3. The summed E-state index contributed by atoms with van der Waals surface area (Å²) < 4.78 is 11.1. The number of aromatic nitrogens is 1. The molecule has 0 aliphatic carbocycles. The van der Waals surface area contributed by atoms with Crippen molar-refractivity contribution in [3.63, 3.8) is 0 Å². The second-order valence-corrected chi connectivity index (χ2v) is 5.12. The Kier molecular flexibility index (Phi) is 3.74. The van der Waals surface area contributed by atoms with Gasteiger partial charge in [0.05, 0.1) is 6.61 Å². The number of H-pyrrole nitrogens is 1. The third-order valence-corrected chi connectivity index (χ3v) is 3.61. The molecule has 0 saturated carbocycles. The fourth-order valence-electron chi connectivity index (χ4n) is 2.57. The van der Waals surface area contributed by atoms with E-state index >= 15 is 0 Å². The van der Waals surface area contributed by atoms with Gasteiger partial charge in [-0.3, -0.25) is 4.79 Å². The van der Waals surface area contributed by atoms with E-state index in [9.17, 15) is 4.79 Å². The Morgan fingerprint density at radius 3 is 3.15 bits per heavy atom. The molecule has 4 heteroatoms. The molecule has 0 radical (unpaired) electrons. The van der Waals surface area contributed by atoms with Gasteiger partial charge in [-0.25, -0.2) is 0 Å². The average molecular weight is 273 g/mol. The van der Waals surface area contributed by atoms with Crippen molar-refractivity contribution in [2.24, 2.45) is 0 Å². The minimum absolute atomic E-state index is 0.0707. The molecule has 0 spiro atoms. The molecule has 2 heterocycles. The number of rotatable bonds is 5. The molecule has 1 aliphatic heterocycles. The number of carbonyl (C=O) groups is 1. The molecule has 2 aromatic rings. The highest BCUT2D eigenvalue weighted by molar-refractivity contribution is 6.10. The van der Waals surface area contributed by atoms with Crippen LogP contribution in [0, 0.1) is 0 Å². The molecule has 1 aromatic carbocycles. The molecule has 0 amide bonds. The van der Waals surface area contributed by atoms with Gasteiger partial charge < -0.3 is 14.5 Å². The highest BCUT2D eigenvalue weighted by Gasteiger charge is 2.26. The Balaban J connectivity index is 1.91. The molecule has 106 valence electrons. The summed E-state index contributed by atoms with van der Waals surface area (Å²) in [5, 5.41) is 0.916. The Hall–Kier alpha value is -1.81. The maximum absolute atomic E-state index is 12.5. The van der Waals surface area contributed by atoms with E-state index in [1.807, 2.05) is 18.2 Å². The van der Waals surface area contributed by atoms with Gasteiger partial charge in [0.1, 0.15) is 11.9 Å². The Labute approximate surface area is 118 Å². The first-order valence-corrected chi connectivity index (χ1v) is 7.19. The molecule has 1 atom stereocenters. The third-order valence-electron chi connectivity index (χ3n) is 3.61. The molecule has 1 saturated heterocycles. The molecule has 1 fully saturated rings. The van der Waals surface area contributed by atoms with E-state index in [0.717, 1.165) is 35.9 Å². The predicted molar refractivity (Wildman–Crippen MR) is 77.4 cm³/mol. The van der Waals surface area contributed by atoms with Crippen LogP contribution in [0.1, 0.15) is 36.5 Å². The quantitative estimate of drug-likeness (QED) is 0.850. The number of nitrogens with one attached hydrogen (secondary N) is 1. The summed E-state index contributed by atoms with van der Waals surface area (Å²) in [4.78, 5) is 15.6. The first-order valence-electron chi connectivity index (χ1n) is 7.19. The van der Waals surface area contributed by atoms with Crippen molar-refractivity contribution in [1.29, 1.82) is 0 Å². The van der Waals surface area contributed by atoms with Crippen LogP contribution in [-0.2, 0) is 4.74 Å². The van der Waals surface area contributed by atoms with Crippen molar-refractivity contribution >= 4 is 16.7 Å². The number of Topliss-reactive ketones (excluding diaryl/α,β-unsaturated/α-hetero) is 1. The molecule has 4 nitrogen and oxygen atoms in total. The Morgan fingerprint density at radius 1 is 1.50 bits per heavy atom. The summed E-state index contributed by atoms with van der Waals surface area (Å²) in [7, 11) is 0. The highest BCUT2D eigenvalue weighted by Crippen LogP contribution is 2.27. The number of hydrogen-bond donors (Lipinski definition) is 1. The number of ketones is 1. The molecule has 1 unspecified atom stereocenters. The zero-order valence-electron chi connectivity index (χ0n) is 11.6. The normalized spacial score (nSPS) is 18.6. The summed E-state index contributed by atoms with van der Waals surface area (Å²) in [6.45, 7) is 3.44. The minimum Gasteiger partial charge on any atom is -0.494 e. The van der Waals surface area contributed by atoms with Gasteiger partial charge in [-0.15, -0.1) is 0 Å². The summed E-state index contributed by atoms with van der Waals surface area (Å²) in [6.07, 6.45) is 4.24. The van der Waals surface area contributed by atoms with E-state index in [2.05, 4.69) is 11.9 Å². The van der Waals surface area contributed by atoms with Crippen LogP contribution >= 0.6 is 0 Å². The summed E-state index contributed by atoms with van der Waals surface area (Å²) in [5.74, 6) is 0.877. The molecule has 1 aromatic heterocycles. The van der Waals surface area contributed by atoms with E-state index in [4.69, 9.17) is 9.47 Å². The van der Waals surface area contributed by atoms with E-state index in [1.54, 1.807) is 6.20 Å². The molecule has 0 bridgehead atoms. The van der Waals surface area contributed by atoms with Gasteiger partial charge in [0.15, 0.2) is 5.78 Å². The van der Waals surface area contributed by atoms with Crippen LogP contribution in [0.15, 0.2) is 24.4 Å². The maximum Gasteiger partial charge on any atom is 0.193 e. The number of benzene rings is 1. The number of carbonyl (C=O) groups excluding carboxylic acids is 1. The zero-order valence-corrected chi connectivity index (χ0v) is 11.6. The van der Waals surface area contributed by atoms with E-state index < -0.39 is 0 Å². The maximum atomic E-state index is 12.5. The lowest BCUT2D eigenvalue weighted by molar-refractivity contribution is 0.0644. The molecular weight excluding hydrogens is 254 g/mol. The smallest absolute Gasteiger partial charge is 0.193 e. The lowest BCUT2D eigenvalue weighted by Gasteiger charge is -2.08. The molecule has 3 rings (SSSR count). The van der Waals surface area contributed by atoms with Gasteiger partial charge in [-0.1, -0.05) is 6.92 Å². The zero-order chi connectivity index (χ0) is 13.9. The SMILES string of the molecule is CCCOc1ccc2[nH]cc(C(=O)C3CCCO3)c2c1. The fraction of sp³-hybridized carbons (Fsp3) is 0.438. The number of fused-ring (bicyclic) bond motifs is 1. The lowest BCUT2D eigenvalue weighted by Crippen LogP contribution is -2.19. The van der Waals surface area contributed by atoms with Gasteiger partial charge in [0, 0.05) is 29.3 Å². The predicted octanol–water partition coefficient (Wildman–Crippen LogP) is 3.32. The largest absolute Gasteiger partial charge is 0.494 e. The number of hydrogen-bond acceptors (Lipinski definition) is 3. The number of ether oxygens (including phenoxy) is 2. The van der Waals surface area contributed by atoms with E-state index in [-0.39, 0.29) is 11.9 Å². The molecular formula is C16H19NO3. The second-order valence-electron chi connectivity index (χ2n) is 5.12. The molecule has 20 heavy (non-hydrogen) atoms. The fourth-order valence-corrected chi connectivity index (χ4v) is 2.57.